The zero-order chi connectivity index (χ0) is 19.8. The molecule has 0 aliphatic heterocycles. The van der Waals surface area contributed by atoms with Crippen LogP contribution in [-0.4, -0.2) is 29.0 Å². The van der Waals surface area contributed by atoms with Crippen molar-refractivity contribution in [2.24, 2.45) is 0 Å². The van der Waals surface area contributed by atoms with Crippen LogP contribution in [0.3, 0.4) is 0 Å². The molecule has 28 heavy (non-hydrogen) atoms. The molecule has 0 fully saturated rings. The predicted octanol–water partition coefficient (Wildman–Crippen LogP) is 4.00. The summed E-state index contributed by atoms with van der Waals surface area (Å²) in [5.41, 5.74) is 3.63. The first-order chi connectivity index (χ1) is 13.7. The van der Waals surface area contributed by atoms with E-state index in [2.05, 4.69) is 51.5 Å². The minimum absolute atomic E-state index is 0.161. The molecular weight excluding hydrogens is 350 g/mol. The van der Waals surface area contributed by atoms with E-state index >= 15 is 0 Å². The highest BCUT2D eigenvalue weighted by Gasteiger charge is 2.07. The van der Waals surface area contributed by atoms with E-state index in [0.717, 1.165) is 24.3 Å². The highest BCUT2D eigenvalue weighted by atomic mass is 16.1. The molecule has 1 aromatic carbocycles. The average molecular weight is 375 g/mol. The van der Waals surface area contributed by atoms with Gasteiger partial charge in [-0.1, -0.05) is 6.07 Å². The van der Waals surface area contributed by atoms with Gasteiger partial charge >= 0.3 is 0 Å². The Morgan fingerprint density at radius 2 is 1.79 bits per heavy atom. The molecule has 0 saturated heterocycles. The first-order valence-electron chi connectivity index (χ1n) is 9.44. The Bertz CT molecular complexity index is 875. The van der Waals surface area contributed by atoms with E-state index in [1.807, 2.05) is 24.3 Å². The second-order valence-electron chi connectivity index (χ2n) is 6.32. The summed E-state index contributed by atoms with van der Waals surface area (Å²) in [6.07, 6.45) is 5.01. The molecule has 0 radical (unpaired) electrons. The maximum absolute atomic E-state index is 12.2. The van der Waals surface area contributed by atoms with E-state index in [1.54, 1.807) is 30.7 Å². The standard InChI is InChI=1S/C22H25N5O/c1-3-27(4-2)20-10-8-19(9-11-20)26-21-12-7-18(16-24-21)22(28)25-15-17-6-5-13-23-14-17/h5-14,16H,3-4,15H2,1-2H3,(H,24,26)(H,25,28). The molecule has 2 heterocycles. The fraction of sp³-hybridized carbons (Fsp3) is 0.227. The Morgan fingerprint density at radius 1 is 1.00 bits per heavy atom. The van der Waals surface area contributed by atoms with Crippen molar-refractivity contribution in [2.75, 3.05) is 23.3 Å². The molecule has 0 aliphatic rings. The number of benzene rings is 1. The first kappa shape index (κ1) is 19.4. The normalized spacial score (nSPS) is 10.4. The van der Waals surface area contributed by atoms with Gasteiger partial charge in [-0.25, -0.2) is 4.98 Å². The van der Waals surface area contributed by atoms with Crippen molar-refractivity contribution in [3.63, 3.8) is 0 Å². The van der Waals surface area contributed by atoms with E-state index in [9.17, 15) is 4.79 Å². The molecule has 2 aromatic heterocycles. The molecule has 6 heteroatoms. The summed E-state index contributed by atoms with van der Waals surface area (Å²) in [5, 5.41) is 6.13. The number of hydrogen-bond acceptors (Lipinski definition) is 5. The Labute approximate surface area is 165 Å². The van der Waals surface area contributed by atoms with Crippen molar-refractivity contribution in [1.29, 1.82) is 0 Å². The van der Waals surface area contributed by atoms with Crippen LogP contribution in [0.2, 0.25) is 0 Å². The molecule has 0 spiro atoms. The summed E-state index contributed by atoms with van der Waals surface area (Å²) in [6, 6.07) is 15.6. The van der Waals surface area contributed by atoms with Crippen molar-refractivity contribution < 1.29 is 4.79 Å². The summed E-state index contributed by atoms with van der Waals surface area (Å²) >= 11 is 0. The average Bonchev–Trinajstić information content (AvgIpc) is 2.75. The molecule has 6 nitrogen and oxygen atoms in total. The zero-order valence-electron chi connectivity index (χ0n) is 16.2. The van der Waals surface area contributed by atoms with Crippen LogP contribution in [0.25, 0.3) is 0 Å². The molecule has 3 aromatic rings. The Morgan fingerprint density at radius 3 is 2.39 bits per heavy atom. The lowest BCUT2D eigenvalue weighted by atomic mass is 10.2. The molecule has 0 saturated carbocycles. The number of rotatable bonds is 8. The topological polar surface area (TPSA) is 70.2 Å². The van der Waals surface area contributed by atoms with Crippen LogP contribution in [-0.2, 0) is 6.54 Å². The third kappa shape index (κ3) is 5.07. The van der Waals surface area contributed by atoms with E-state index in [-0.39, 0.29) is 5.91 Å². The summed E-state index contributed by atoms with van der Waals surface area (Å²) in [7, 11) is 0. The van der Waals surface area contributed by atoms with E-state index in [1.165, 1.54) is 5.69 Å². The van der Waals surface area contributed by atoms with Crippen LogP contribution < -0.4 is 15.5 Å². The minimum atomic E-state index is -0.161. The van der Waals surface area contributed by atoms with Crippen molar-refractivity contribution >= 4 is 23.1 Å². The van der Waals surface area contributed by atoms with Crippen LogP contribution in [0.1, 0.15) is 29.8 Å². The molecule has 0 aliphatic carbocycles. The van der Waals surface area contributed by atoms with Gasteiger partial charge in [0, 0.05) is 49.6 Å². The Balaban J connectivity index is 1.57. The third-order valence-electron chi connectivity index (χ3n) is 4.47. The van der Waals surface area contributed by atoms with Crippen LogP contribution in [0, 0.1) is 0 Å². The number of aromatic nitrogens is 2. The minimum Gasteiger partial charge on any atom is -0.372 e. The number of amides is 1. The lowest BCUT2D eigenvalue weighted by Crippen LogP contribution is -2.23. The zero-order valence-corrected chi connectivity index (χ0v) is 16.2. The van der Waals surface area contributed by atoms with E-state index < -0.39 is 0 Å². The predicted molar refractivity (Wildman–Crippen MR) is 113 cm³/mol. The van der Waals surface area contributed by atoms with Gasteiger partial charge in [-0.05, 0) is 61.9 Å². The number of nitrogens with one attached hydrogen (secondary N) is 2. The smallest absolute Gasteiger partial charge is 0.253 e. The molecular formula is C22H25N5O. The third-order valence-corrected chi connectivity index (χ3v) is 4.47. The fourth-order valence-electron chi connectivity index (χ4n) is 2.88. The van der Waals surface area contributed by atoms with Gasteiger partial charge in [0.05, 0.1) is 5.56 Å². The number of nitrogens with zero attached hydrogens (tertiary/aromatic N) is 3. The van der Waals surface area contributed by atoms with Crippen LogP contribution >= 0.6 is 0 Å². The van der Waals surface area contributed by atoms with Gasteiger partial charge in [-0.15, -0.1) is 0 Å². The SMILES string of the molecule is CCN(CC)c1ccc(Nc2ccc(C(=O)NCc3cccnc3)cn2)cc1. The Kier molecular flexibility index (Phi) is 6.57. The number of hydrogen-bond donors (Lipinski definition) is 2. The highest BCUT2D eigenvalue weighted by molar-refractivity contribution is 5.94. The Hall–Kier alpha value is -3.41. The van der Waals surface area contributed by atoms with Gasteiger partial charge in [0.15, 0.2) is 0 Å². The largest absolute Gasteiger partial charge is 0.372 e. The molecule has 144 valence electrons. The van der Waals surface area contributed by atoms with Crippen LogP contribution in [0.15, 0.2) is 67.1 Å². The maximum atomic E-state index is 12.2. The monoisotopic (exact) mass is 375 g/mol. The molecule has 1 amide bonds. The summed E-state index contributed by atoms with van der Waals surface area (Å²) in [6.45, 7) is 6.69. The van der Waals surface area contributed by atoms with Gasteiger partial charge in [0.2, 0.25) is 0 Å². The van der Waals surface area contributed by atoms with E-state index in [4.69, 9.17) is 0 Å². The van der Waals surface area contributed by atoms with Crippen molar-refractivity contribution in [3.05, 3.63) is 78.2 Å². The maximum Gasteiger partial charge on any atom is 0.253 e. The summed E-state index contributed by atoms with van der Waals surface area (Å²) in [5.74, 6) is 0.533. The number of carbonyl (C=O) groups excluding carboxylic acids is 1. The van der Waals surface area contributed by atoms with Crippen LogP contribution in [0.5, 0.6) is 0 Å². The molecule has 2 N–H and O–H groups in total. The van der Waals surface area contributed by atoms with Crippen LogP contribution in [0.4, 0.5) is 17.2 Å². The molecule has 3 rings (SSSR count). The number of anilines is 3. The summed E-state index contributed by atoms with van der Waals surface area (Å²) < 4.78 is 0. The number of pyridine rings is 2. The van der Waals surface area contributed by atoms with Crippen molar-refractivity contribution in [1.82, 2.24) is 15.3 Å². The second-order valence-corrected chi connectivity index (χ2v) is 6.32. The lowest BCUT2D eigenvalue weighted by Gasteiger charge is -2.21. The molecule has 0 atom stereocenters. The van der Waals surface area contributed by atoms with Crippen molar-refractivity contribution in [3.8, 4) is 0 Å². The van der Waals surface area contributed by atoms with Gasteiger partial charge in [-0.2, -0.15) is 0 Å². The quantitative estimate of drug-likeness (QED) is 0.623. The second kappa shape index (κ2) is 9.50. The van der Waals surface area contributed by atoms with Gasteiger partial charge in [0.25, 0.3) is 5.91 Å². The lowest BCUT2D eigenvalue weighted by molar-refractivity contribution is 0.0950. The first-order valence-corrected chi connectivity index (χ1v) is 9.44. The van der Waals surface area contributed by atoms with Gasteiger partial charge in [-0.3, -0.25) is 9.78 Å². The number of carbonyl (C=O) groups is 1. The fourth-order valence-corrected chi connectivity index (χ4v) is 2.88. The molecule has 0 unspecified atom stereocenters. The molecule has 0 bridgehead atoms. The highest BCUT2D eigenvalue weighted by Crippen LogP contribution is 2.20. The van der Waals surface area contributed by atoms with Crippen molar-refractivity contribution in [2.45, 2.75) is 20.4 Å². The summed E-state index contributed by atoms with van der Waals surface area (Å²) in [4.78, 5) is 22.9. The van der Waals surface area contributed by atoms with Gasteiger partial charge < -0.3 is 15.5 Å². The van der Waals surface area contributed by atoms with E-state index in [0.29, 0.717) is 17.9 Å². The van der Waals surface area contributed by atoms with Gasteiger partial charge in [0.1, 0.15) is 5.82 Å².